The highest BCUT2D eigenvalue weighted by atomic mass is 35.5. The van der Waals surface area contributed by atoms with Crippen LogP contribution in [0.2, 0.25) is 5.02 Å². The zero-order valence-electron chi connectivity index (χ0n) is 10.3. The lowest BCUT2D eigenvalue weighted by Crippen LogP contribution is -2.29. The molecular formula is C13H18ClFN2. The standard InChI is InChI=1S/C13H18ClFN2/c1-10-8-11(14)13(12(15)9-10)17-5-3-4-16(2)6-7-17/h8-9H,3-7H2,1-2H3. The number of anilines is 1. The lowest BCUT2D eigenvalue weighted by atomic mass is 10.2. The highest BCUT2D eigenvalue weighted by Crippen LogP contribution is 2.30. The van der Waals surface area contributed by atoms with E-state index in [1.54, 1.807) is 6.07 Å². The number of hydrogen-bond acceptors (Lipinski definition) is 2. The van der Waals surface area contributed by atoms with Crippen LogP contribution < -0.4 is 4.90 Å². The number of aryl methyl sites for hydroxylation is 1. The molecule has 0 aliphatic carbocycles. The van der Waals surface area contributed by atoms with E-state index >= 15 is 0 Å². The van der Waals surface area contributed by atoms with Crippen molar-refractivity contribution in [2.24, 2.45) is 0 Å². The van der Waals surface area contributed by atoms with Gasteiger partial charge in [-0.2, -0.15) is 0 Å². The van der Waals surface area contributed by atoms with Gasteiger partial charge in [0.05, 0.1) is 10.7 Å². The molecule has 4 heteroatoms. The third-order valence-electron chi connectivity index (χ3n) is 3.20. The van der Waals surface area contributed by atoms with Crippen LogP contribution in [0.3, 0.4) is 0 Å². The molecule has 2 nitrogen and oxygen atoms in total. The molecule has 2 rings (SSSR count). The summed E-state index contributed by atoms with van der Waals surface area (Å²) in [5.41, 5.74) is 1.43. The number of hydrogen-bond donors (Lipinski definition) is 0. The van der Waals surface area contributed by atoms with Gasteiger partial charge in [0.2, 0.25) is 0 Å². The summed E-state index contributed by atoms with van der Waals surface area (Å²) in [6.45, 7) is 5.56. The van der Waals surface area contributed by atoms with Crippen LogP contribution in [0.25, 0.3) is 0 Å². The number of likely N-dealkylation sites (N-methyl/N-ethyl adjacent to an activating group) is 1. The van der Waals surface area contributed by atoms with Crippen molar-refractivity contribution in [1.29, 1.82) is 0 Å². The number of nitrogens with zero attached hydrogens (tertiary/aromatic N) is 2. The minimum Gasteiger partial charge on any atom is -0.367 e. The van der Waals surface area contributed by atoms with Crippen LogP contribution in [-0.4, -0.2) is 38.1 Å². The maximum atomic E-state index is 14.0. The van der Waals surface area contributed by atoms with Gasteiger partial charge in [0.1, 0.15) is 5.82 Å². The van der Waals surface area contributed by atoms with Gasteiger partial charge in [0.15, 0.2) is 0 Å². The van der Waals surface area contributed by atoms with Gasteiger partial charge in [-0.25, -0.2) is 4.39 Å². The first-order chi connectivity index (χ1) is 8.08. The van der Waals surface area contributed by atoms with E-state index in [2.05, 4.69) is 16.8 Å². The number of benzene rings is 1. The van der Waals surface area contributed by atoms with E-state index in [-0.39, 0.29) is 5.82 Å². The minimum atomic E-state index is -0.209. The Morgan fingerprint density at radius 2 is 1.94 bits per heavy atom. The Morgan fingerprint density at radius 3 is 2.65 bits per heavy atom. The van der Waals surface area contributed by atoms with Crippen molar-refractivity contribution in [1.82, 2.24) is 4.90 Å². The minimum absolute atomic E-state index is 0.209. The summed E-state index contributed by atoms with van der Waals surface area (Å²) in [7, 11) is 2.09. The third-order valence-corrected chi connectivity index (χ3v) is 3.49. The predicted molar refractivity (Wildman–Crippen MR) is 70.5 cm³/mol. The highest BCUT2D eigenvalue weighted by Gasteiger charge is 2.18. The maximum Gasteiger partial charge on any atom is 0.148 e. The summed E-state index contributed by atoms with van der Waals surface area (Å²) in [6.07, 6.45) is 1.04. The van der Waals surface area contributed by atoms with Crippen LogP contribution >= 0.6 is 11.6 Å². The molecular weight excluding hydrogens is 239 g/mol. The maximum absolute atomic E-state index is 14.0. The second-order valence-electron chi connectivity index (χ2n) is 4.72. The summed E-state index contributed by atoms with van der Waals surface area (Å²) < 4.78 is 14.0. The second-order valence-corrected chi connectivity index (χ2v) is 5.13. The Balaban J connectivity index is 2.27. The normalized spacial score (nSPS) is 18.2. The van der Waals surface area contributed by atoms with Crippen LogP contribution in [0.5, 0.6) is 0 Å². The Bertz CT molecular complexity index is 385. The molecule has 0 saturated carbocycles. The summed E-state index contributed by atoms with van der Waals surface area (Å²) >= 11 is 6.16. The van der Waals surface area contributed by atoms with Crippen LogP contribution in [0, 0.1) is 12.7 Å². The van der Waals surface area contributed by atoms with Crippen molar-refractivity contribution in [3.63, 3.8) is 0 Å². The van der Waals surface area contributed by atoms with Gasteiger partial charge in [0.25, 0.3) is 0 Å². The Labute approximate surface area is 107 Å². The highest BCUT2D eigenvalue weighted by molar-refractivity contribution is 6.33. The molecule has 1 fully saturated rings. The molecule has 0 amide bonds. The molecule has 0 unspecified atom stereocenters. The first-order valence-electron chi connectivity index (χ1n) is 5.97. The van der Waals surface area contributed by atoms with Crippen molar-refractivity contribution >= 4 is 17.3 Å². The van der Waals surface area contributed by atoms with Crippen molar-refractivity contribution in [3.8, 4) is 0 Å². The molecule has 17 heavy (non-hydrogen) atoms. The molecule has 94 valence electrons. The van der Waals surface area contributed by atoms with E-state index in [1.165, 1.54) is 0 Å². The van der Waals surface area contributed by atoms with Gasteiger partial charge < -0.3 is 9.80 Å². The molecule has 1 aliphatic rings. The molecule has 1 aliphatic heterocycles. The van der Waals surface area contributed by atoms with Gasteiger partial charge in [-0.05, 0) is 44.6 Å². The molecule has 1 saturated heterocycles. The largest absolute Gasteiger partial charge is 0.367 e. The molecule has 1 aromatic carbocycles. The third kappa shape index (κ3) is 2.90. The van der Waals surface area contributed by atoms with Crippen LogP contribution in [0.15, 0.2) is 12.1 Å². The topological polar surface area (TPSA) is 6.48 Å². The van der Waals surface area contributed by atoms with E-state index in [4.69, 9.17) is 11.6 Å². The fraction of sp³-hybridized carbons (Fsp3) is 0.538. The SMILES string of the molecule is Cc1cc(F)c(N2CCCN(C)CC2)c(Cl)c1. The van der Waals surface area contributed by atoms with Gasteiger partial charge in [0, 0.05) is 19.6 Å². The van der Waals surface area contributed by atoms with Crippen molar-refractivity contribution in [2.45, 2.75) is 13.3 Å². The Hall–Kier alpha value is -0.800. The summed E-state index contributed by atoms with van der Waals surface area (Å²) in [4.78, 5) is 4.32. The summed E-state index contributed by atoms with van der Waals surface area (Å²) in [5.74, 6) is -0.209. The molecule has 1 heterocycles. The monoisotopic (exact) mass is 256 g/mol. The molecule has 1 aromatic rings. The second kappa shape index (κ2) is 5.23. The molecule has 0 atom stereocenters. The van der Waals surface area contributed by atoms with Gasteiger partial charge in [-0.1, -0.05) is 11.6 Å². The van der Waals surface area contributed by atoms with Gasteiger partial charge in [-0.15, -0.1) is 0 Å². The fourth-order valence-electron chi connectivity index (χ4n) is 2.26. The zero-order chi connectivity index (χ0) is 12.4. The Morgan fingerprint density at radius 1 is 1.18 bits per heavy atom. The van der Waals surface area contributed by atoms with E-state index in [0.29, 0.717) is 10.7 Å². The van der Waals surface area contributed by atoms with E-state index in [0.717, 1.165) is 38.2 Å². The average Bonchev–Trinajstić information content (AvgIpc) is 2.42. The van der Waals surface area contributed by atoms with Crippen LogP contribution in [-0.2, 0) is 0 Å². The summed E-state index contributed by atoms with van der Waals surface area (Å²) in [5, 5.41) is 0.520. The average molecular weight is 257 g/mol. The van der Waals surface area contributed by atoms with Gasteiger partial charge in [-0.3, -0.25) is 0 Å². The van der Waals surface area contributed by atoms with Gasteiger partial charge >= 0.3 is 0 Å². The molecule has 0 aromatic heterocycles. The fourth-order valence-corrected chi connectivity index (χ4v) is 2.65. The summed E-state index contributed by atoms with van der Waals surface area (Å²) in [6, 6.07) is 3.38. The smallest absolute Gasteiger partial charge is 0.148 e. The quantitative estimate of drug-likeness (QED) is 0.762. The molecule has 0 bridgehead atoms. The van der Waals surface area contributed by atoms with E-state index in [9.17, 15) is 4.39 Å². The van der Waals surface area contributed by atoms with E-state index in [1.807, 2.05) is 13.0 Å². The van der Waals surface area contributed by atoms with Crippen molar-refractivity contribution in [2.75, 3.05) is 38.1 Å². The molecule has 0 spiro atoms. The first-order valence-corrected chi connectivity index (χ1v) is 6.35. The van der Waals surface area contributed by atoms with Crippen molar-refractivity contribution < 1.29 is 4.39 Å². The van der Waals surface area contributed by atoms with E-state index < -0.39 is 0 Å². The molecule has 0 radical (unpaired) electrons. The molecule has 0 N–H and O–H groups in total. The van der Waals surface area contributed by atoms with Crippen LogP contribution in [0.4, 0.5) is 10.1 Å². The van der Waals surface area contributed by atoms with Crippen LogP contribution in [0.1, 0.15) is 12.0 Å². The Kier molecular flexibility index (Phi) is 3.89. The predicted octanol–water partition coefficient (Wildman–Crippen LogP) is 2.93. The lowest BCUT2D eigenvalue weighted by Gasteiger charge is -2.24. The lowest BCUT2D eigenvalue weighted by molar-refractivity contribution is 0.360. The van der Waals surface area contributed by atoms with Crippen molar-refractivity contribution in [3.05, 3.63) is 28.5 Å². The number of halogens is 2. The number of rotatable bonds is 1. The zero-order valence-corrected chi connectivity index (χ0v) is 11.1. The first kappa shape index (κ1) is 12.7.